The summed E-state index contributed by atoms with van der Waals surface area (Å²) < 4.78 is 5.47. The van der Waals surface area contributed by atoms with E-state index in [-0.39, 0.29) is 12.3 Å². The van der Waals surface area contributed by atoms with Crippen LogP contribution in [0.5, 0.6) is 0 Å². The summed E-state index contributed by atoms with van der Waals surface area (Å²) in [5, 5.41) is 8.74. The number of rotatable bonds is 5. The van der Waals surface area contributed by atoms with Gasteiger partial charge in [-0.25, -0.2) is 4.98 Å². The second-order valence-electron chi connectivity index (χ2n) is 4.45. The Balaban J connectivity index is 2.18. The number of carbonyl (C=O) groups is 2. The highest BCUT2D eigenvalue weighted by atomic mass is 16.4. The van der Waals surface area contributed by atoms with Crippen molar-refractivity contribution in [3.8, 4) is 0 Å². The molecule has 0 unspecified atom stereocenters. The zero-order valence-electron chi connectivity index (χ0n) is 10.5. The van der Waals surface area contributed by atoms with Crippen LogP contribution in [0.1, 0.15) is 47.8 Å². The normalized spacial score (nSPS) is 14.6. The number of carboxylic acid groups (broad SMARTS) is 1. The van der Waals surface area contributed by atoms with Gasteiger partial charge in [0.15, 0.2) is 5.89 Å². The first-order chi connectivity index (χ1) is 8.52. The Morgan fingerprint density at radius 2 is 2.17 bits per heavy atom. The molecule has 0 aliphatic heterocycles. The molecule has 2 rings (SSSR count). The van der Waals surface area contributed by atoms with Crippen molar-refractivity contribution in [3.05, 3.63) is 17.3 Å². The van der Waals surface area contributed by atoms with Gasteiger partial charge in [-0.15, -0.1) is 0 Å². The molecule has 0 radical (unpaired) electrons. The summed E-state index contributed by atoms with van der Waals surface area (Å²) >= 11 is 0. The number of carboxylic acids is 1. The Bertz CT molecular complexity index is 476. The van der Waals surface area contributed by atoms with Crippen molar-refractivity contribution in [2.45, 2.75) is 32.6 Å². The fourth-order valence-electron chi connectivity index (χ4n) is 1.75. The molecule has 1 amide bonds. The van der Waals surface area contributed by atoms with E-state index in [0.717, 1.165) is 12.8 Å². The molecule has 1 aliphatic carbocycles. The first-order valence-corrected chi connectivity index (χ1v) is 6.01. The summed E-state index contributed by atoms with van der Waals surface area (Å²) in [6.45, 7) is 3.43. The molecular weight excluding hydrogens is 236 g/mol. The Kier molecular flexibility index (Phi) is 3.36. The fourth-order valence-corrected chi connectivity index (χ4v) is 1.75. The van der Waals surface area contributed by atoms with Crippen LogP contribution in [0.25, 0.3) is 0 Å². The van der Waals surface area contributed by atoms with E-state index in [2.05, 4.69) is 4.98 Å². The molecule has 1 aromatic rings. The number of likely N-dealkylation sites (N-methyl/N-ethyl adjacent to an activating group) is 1. The van der Waals surface area contributed by atoms with E-state index in [1.165, 1.54) is 4.90 Å². The highest BCUT2D eigenvalue weighted by molar-refractivity contribution is 5.94. The lowest BCUT2D eigenvalue weighted by atomic mass is 10.3. The van der Waals surface area contributed by atoms with Crippen molar-refractivity contribution in [2.24, 2.45) is 0 Å². The number of aryl methyl sites for hydroxylation is 1. The number of oxazole rings is 1. The average molecular weight is 252 g/mol. The van der Waals surface area contributed by atoms with Gasteiger partial charge in [-0.2, -0.15) is 0 Å². The summed E-state index contributed by atoms with van der Waals surface area (Å²) in [6.07, 6.45) is 2.08. The summed E-state index contributed by atoms with van der Waals surface area (Å²) in [5.74, 6) is -0.344. The molecule has 18 heavy (non-hydrogen) atoms. The number of aliphatic carboxylic acids is 1. The van der Waals surface area contributed by atoms with E-state index in [1.807, 2.05) is 0 Å². The topological polar surface area (TPSA) is 83.6 Å². The minimum atomic E-state index is -1.04. The number of hydrogen-bond donors (Lipinski definition) is 1. The molecule has 0 aromatic carbocycles. The molecule has 1 N–H and O–H groups in total. The SMILES string of the molecule is CCN(CC(=O)O)C(=O)c1oc(C2CC2)nc1C. The van der Waals surface area contributed by atoms with Crippen LogP contribution in [-0.4, -0.2) is 40.0 Å². The predicted molar refractivity (Wildman–Crippen MR) is 62.4 cm³/mol. The van der Waals surface area contributed by atoms with E-state index in [0.29, 0.717) is 24.0 Å². The molecule has 1 heterocycles. The third-order valence-corrected chi connectivity index (χ3v) is 2.93. The van der Waals surface area contributed by atoms with Crippen molar-refractivity contribution in [3.63, 3.8) is 0 Å². The van der Waals surface area contributed by atoms with Gasteiger partial charge in [-0.1, -0.05) is 0 Å². The van der Waals surface area contributed by atoms with Crippen LogP contribution in [0.2, 0.25) is 0 Å². The summed E-state index contributed by atoms with van der Waals surface area (Å²) in [7, 11) is 0. The van der Waals surface area contributed by atoms with Gasteiger partial charge in [0.05, 0.1) is 5.69 Å². The zero-order chi connectivity index (χ0) is 13.3. The molecule has 0 spiro atoms. The van der Waals surface area contributed by atoms with E-state index < -0.39 is 11.9 Å². The average Bonchev–Trinajstić information content (AvgIpc) is 3.09. The van der Waals surface area contributed by atoms with Gasteiger partial charge >= 0.3 is 5.97 Å². The van der Waals surface area contributed by atoms with Crippen LogP contribution in [0.3, 0.4) is 0 Å². The summed E-state index contributed by atoms with van der Waals surface area (Å²) in [5.41, 5.74) is 0.533. The number of amides is 1. The second-order valence-corrected chi connectivity index (χ2v) is 4.45. The molecule has 0 atom stereocenters. The Labute approximate surface area is 105 Å². The molecule has 0 saturated heterocycles. The molecule has 0 bridgehead atoms. The molecule has 1 aliphatic rings. The zero-order valence-corrected chi connectivity index (χ0v) is 10.5. The maximum atomic E-state index is 12.1. The Hall–Kier alpha value is -1.85. The highest BCUT2D eigenvalue weighted by Crippen LogP contribution is 2.40. The maximum Gasteiger partial charge on any atom is 0.323 e. The fraction of sp³-hybridized carbons (Fsp3) is 0.583. The molecule has 1 fully saturated rings. The van der Waals surface area contributed by atoms with Crippen LogP contribution in [-0.2, 0) is 4.79 Å². The molecule has 6 heteroatoms. The smallest absolute Gasteiger partial charge is 0.323 e. The van der Waals surface area contributed by atoms with Crippen LogP contribution in [0, 0.1) is 6.92 Å². The number of carbonyl (C=O) groups excluding carboxylic acids is 1. The van der Waals surface area contributed by atoms with Gasteiger partial charge in [0.2, 0.25) is 5.76 Å². The first kappa shape index (κ1) is 12.6. The second kappa shape index (κ2) is 4.80. The number of aromatic nitrogens is 1. The molecule has 6 nitrogen and oxygen atoms in total. The van der Waals surface area contributed by atoms with Crippen LogP contribution in [0.4, 0.5) is 0 Å². The minimum absolute atomic E-state index is 0.167. The summed E-state index contributed by atoms with van der Waals surface area (Å²) in [4.78, 5) is 28.2. The number of nitrogens with zero attached hydrogens (tertiary/aromatic N) is 2. The van der Waals surface area contributed by atoms with E-state index in [9.17, 15) is 9.59 Å². The van der Waals surface area contributed by atoms with Gasteiger partial charge in [-0.05, 0) is 26.7 Å². The monoisotopic (exact) mass is 252 g/mol. The summed E-state index contributed by atoms with van der Waals surface area (Å²) in [6, 6.07) is 0. The van der Waals surface area contributed by atoms with Crippen molar-refractivity contribution in [1.82, 2.24) is 9.88 Å². The quantitative estimate of drug-likeness (QED) is 0.856. The lowest BCUT2D eigenvalue weighted by Crippen LogP contribution is -2.35. The third kappa shape index (κ3) is 2.52. The minimum Gasteiger partial charge on any atom is -0.480 e. The molecule has 1 aromatic heterocycles. The van der Waals surface area contributed by atoms with Crippen molar-refractivity contribution in [1.29, 1.82) is 0 Å². The first-order valence-electron chi connectivity index (χ1n) is 6.01. The van der Waals surface area contributed by atoms with E-state index in [4.69, 9.17) is 9.52 Å². The van der Waals surface area contributed by atoms with E-state index in [1.54, 1.807) is 13.8 Å². The van der Waals surface area contributed by atoms with Crippen LogP contribution >= 0.6 is 0 Å². The lowest BCUT2D eigenvalue weighted by Gasteiger charge is -2.16. The van der Waals surface area contributed by atoms with Crippen molar-refractivity contribution >= 4 is 11.9 Å². The van der Waals surface area contributed by atoms with Gasteiger partial charge in [-0.3, -0.25) is 9.59 Å². The largest absolute Gasteiger partial charge is 0.480 e. The highest BCUT2D eigenvalue weighted by Gasteiger charge is 2.32. The van der Waals surface area contributed by atoms with Crippen molar-refractivity contribution < 1.29 is 19.1 Å². The Morgan fingerprint density at radius 1 is 1.50 bits per heavy atom. The number of hydrogen-bond acceptors (Lipinski definition) is 4. The van der Waals surface area contributed by atoms with Crippen LogP contribution < -0.4 is 0 Å². The maximum absolute atomic E-state index is 12.1. The molecule has 1 saturated carbocycles. The molecular formula is C12H16N2O4. The van der Waals surface area contributed by atoms with Gasteiger partial charge in [0.1, 0.15) is 6.54 Å². The Morgan fingerprint density at radius 3 is 2.67 bits per heavy atom. The van der Waals surface area contributed by atoms with E-state index >= 15 is 0 Å². The van der Waals surface area contributed by atoms with Crippen LogP contribution in [0.15, 0.2) is 4.42 Å². The third-order valence-electron chi connectivity index (χ3n) is 2.93. The standard InChI is InChI=1S/C12H16N2O4/c1-3-14(6-9(15)16)12(17)10-7(2)13-11(18-10)8-4-5-8/h8H,3-6H2,1-2H3,(H,15,16). The predicted octanol–water partition coefficient (Wildman–Crippen LogP) is 1.41. The molecule has 98 valence electrons. The lowest BCUT2D eigenvalue weighted by molar-refractivity contribution is -0.137. The van der Waals surface area contributed by atoms with Gasteiger partial charge < -0.3 is 14.4 Å². The van der Waals surface area contributed by atoms with Gasteiger partial charge in [0.25, 0.3) is 5.91 Å². The van der Waals surface area contributed by atoms with Gasteiger partial charge in [0, 0.05) is 12.5 Å². The van der Waals surface area contributed by atoms with Crippen molar-refractivity contribution in [2.75, 3.05) is 13.1 Å².